The van der Waals surface area contributed by atoms with Gasteiger partial charge in [-0.15, -0.1) is 0 Å². The Balaban J connectivity index is 1.97. The van der Waals surface area contributed by atoms with Gasteiger partial charge in [0.05, 0.1) is 13.1 Å². The van der Waals surface area contributed by atoms with E-state index in [0.717, 1.165) is 39.1 Å². The molecule has 5 nitrogen and oxygen atoms in total. The second-order valence-corrected chi connectivity index (χ2v) is 5.89. The molecule has 0 saturated heterocycles. The van der Waals surface area contributed by atoms with E-state index in [2.05, 4.69) is 39.8 Å². The molecule has 0 spiro atoms. The smallest absolute Gasteiger partial charge is 0.243 e. The first-order chi connectivity index (χ1) is 10.3. The average molecular weight is 296 g/mol. The number of aryl methyl sites for hydroxylation is 2. The molecule has 0 unspecified atom stereocenters. The van der Waals surface area contributed by atoms with Gasteiger partial charge in [0.15, 0.2) is 0 Å². The van der Waals surface area contributed by atoms with Crippen LogP contribution in [0.25, 0.3) is 0 Å². The molecule has 0 radical (unpaired) electrons. The summed E-state index contributed by atoms with van der Waals surface area (Å²) in [7, 11) is 2.15. The lowest BCUT2D eigenvalue weighted by Crippen LogP contribution is -2.32. The monoisotopic (exact) mass is 296 g/mol. The van der Waals surface area contributed by atoms with Gasteiger partial charge in [0.25, 0.3) is 0 Å². The summed E-state index contributed by atoms with van der Waals surface area (Å²) in [5, 5.41) is 0. The predicted molar refractivity (Wildman–Crippen MR) is 87.9 cm³/mol. The van der Waals surface area contributed by atoms with Gasteiger partial charge in [0, 0.05) is 13.1 Å². The van der Waals surface area contributed by atoms with Crippen LogP contribution in [-0.4, -0.2) is 42.7 Å². The molecule has 0 bridgehead atoms. The number of aromatic nitrogens is 2. The zero-order valence-corrected chi connectivity index (χ0v) is 13.7. The minimum atomic E-state index is 0.763. The van der Waals surface area contributed by atoms with Crippen molar-refractivity contribution in [3.8, 4) is 0 Å². The zero-order valence-electron chi connectivity index (χ0n) is 13.7. The van der Waals surface area contributed by atoms with Crippen LogP contribution in [0.4, 0.5) is 0 Å². The summed E-state index contributed by atoms with van der Waals surface area (Å²) >= 11 is 0. The van der Waals surface area contributed by atoms with Gasteiger partial charge in [-0.2, -0.15) is 0 Å². The lowest BCUT2D eigenvalue weighted by Gasteiger charge is -2.14. The van der Waals surface area contributed by atoms with Crippen molar-refractivity contribution in [3.05, 3.63) is 18.7 Å². The van der Waals surface area contributed by atoms with E-state index in [1.165, 1.54) is 38.6 Å². The first-order valence-corrected chi connectivity index (χ1v) is 8.39. The van der Waals surface area contributed by atoms with Crippen LogP contribution >= 0.6 is 0 Å². The Kier molecular flexibility index (Phi) is 10.1. The number of nitrogens with two attached hydrogens (primary N) is 2. The molecule has 0 amide bonds. The second-order valence-electron chi connectivity index (χ2n) is 5.89. The van der Waals surface area contributed by atoms with E-state index in [1.54, 1.807) is 0 Å². The highest BCUT2D eigenvalue weighted by molar-refractivity contribution is 4.66. The zero-order chi connectivity index (χ0) is 15.3. The molecule has 0 saturated carbocycles. The Morgan fingerprint density at radius 1 is 0.952 bits per heavy atom. The second kappa shape index (κ2) is 11.7. The highest BCUT2D eigenvalue weighted by Crippen LogP contribution is 2.05. The maximum atomic E-state index is 5.53. The standard InChI is InChI=1S/C16H34N5/c1-19(13-9-18)10-5-3-2-4-6-11-20-14-15-21(16-20)12-7-8-17/h14-16H,2-13,17-18H2,1H3/q+1. The minimum absolute atomic E-state index is 0.763. The number of unbranched alkanes of at least 4 members (excludes halogenated alkanes) is 4. The van der Waals surface area contributed by atoms with Gasteiger partial charge >= 0.3 is 0 Å². The van der Waals surface area contributed by atoms with Crippen LogP contribution in [0.1, 0.15) is 38.5 Å². The molecule has 1 heterocycles. The fourth-order valence-electron chi connectivity index (χ4n) is 2.52. The van der Waals surface area contributed by atoms with Gasteiger partial charge in [0.1, 0.15) is 12.4 Å². The number of rotatable bonds is 13. The molecule has 1 aromatic heterocycles. The topological polar surface area (TPSA) is 64.1 Å². The van der Waals surface area contributed by atoms with Crippen LogP contribution in [0.2, 0.25) is 0 Å². The Labute approximate surface area is 129 Å². The number of imidazole rings is 1. The van der Waals surface area contributed by atoms with Gasteiger partial charge in [-0.05, 0) is 45.8 Å². The molecule has 1 rings (SSSR count). The summed E-state index contributed by atoms with van der Waals surface area (Å²) in [6.07, 6.45) is 14.1. The van der Waals surface area contributed by atoms with Crippen molar-refractivity contribution in [3.63, 3.8) is 0 Å². The van der Waals surface area contributed by atoms with Gasteiger partial charge in [-0.3, -0.25) is 0 Å². The maximum Gasteiger partial charge on any atom is 0.243 e. The maximum absolute atomic E-state index is 5.53. The average Bonchev–Trinajstić information content (AvgIpc) is 2.92. The summed E-state index contributed by atoms with van der Waals surface area (Å²) < 4.78 is 4.51. The molecule has 0 aromatic carbocycles. The highest BCUT2D eigenvalue weighted by atomic mass is 15.1. The molecule has 122 valence electrons. The molecule has 0 aliphatic carbocycles. The number of hydrogen-bond acceptors (Lipinski definition) is 3. The number of likely N-dealkylation sites (N-methyl/N-ethyl adjacent to an activating group) is 1. The third-order valence-corrected chi connectivity index (χ3v) is 3.83. The van der Waals surface area contributed by atoms with Crippen molar-refractivity contribution >= 4 is 0 Å². The van der Waals surface area contributed by atoms with E-state index in [9.17, 15) is 0 Å². The fourth-order valence-corrected chi connectivity index (χ4v) is 2.52. The van der Waals surface area contributed by atoms with E-state index < -0.39 is 0 Å². The third-order valence-electron chi connectivity index (χ3n) is 3.83. The minimum Gasteiger partial charge on any atom is -0.330 e. The third kappa shape index (κ3) is 8.86. The molecular formula is C16H34N5+. The number of hydrogen-bond donors (Lipinski definition) is 2. The van der Waals surface area contributed by atoms with Crippen LogP contribution in [0.5, 0.6) is 0 Å². The van der Waals surface area contributed by atoms with Crippen LogP contribution < -0.4 is 16.0 Å². The molecule has 21 heavy (non-hydrogen) atoms. The van der Waals surface area contributed by atoms with Gasteiger partial charge in [0.2, 0.25) is 6.33 Å². The van der Waals surface area contributed by atoms with Crippen LogP contribution in [-0.2, 0) is 13.1 Å². The Morgan fingerprint density at radius 2 is 1.71 bits per heavy atom. The molecule has 0 atom stereocenters. The SMILES string of the molecule is CN(CCN)CCCCCCCn1cc[n+](CCCN)c1. The molecule has 4 N–H and O–H groups in total. The first-order valence-electron chi connectivity index (χ1n) is 8.39. The molecule has 0 fully saturated rings. The van der Waals surface area contributed by atoms with Crippen LogP contribution in [0, 0.1) is 0 Å². The van der Waals surface area contributed by atoms with Crippen molar-refractivity contribution in [1.82, 2.24) is 9.47 Å². The summed E-state index contributed by atoms with van der Waals surface area (Å²) in [5.74, 6) is 0. The van der Waals surface area contributed by atoms with E-state index in [4.69, 9.17) is 11.5 Å². The Morgan fingerprint density at radius 3 is 2.48 bits per heavy atom. The highest BCUT2D eigenvalue weighted by Gasteiger charge is 2.03. The molecular weight excluding hydrogens is 262 g/mol. The summed E-state index contributed by atoms with van der Waals surface area (Å²) in [6.45, 7) is 5.87. The number of nitrogens with zero attached hydrogens (tertiary/aromatic N) is 3. The lowest BCUT2D eigenvalue weighted by atomic mass is 10.1. The Hall–Kier alpha value is -0.910. The van der Waals surface area contributed by atoms with Crippen molar-refractivity contribution in [1.29, 1.82) is 0 Å². The van der Waals surface area contributed by atoms with Gasteiger partial charge in [-0.25, -0.2) is 9.13 Å². The molecule has 5 heteroatoms. The van der Waals surface area contributed by atoms with E-state index >= 15 is 0 Å². The van der Waals surface area contributed by atoms with Crippen LogP contribution in [0.3, 0.4) is 0 Å². The molecule has 1 aromatic rings. The van der Waals surface area contributed by atoms with E-state index in [0.29, 0.717) is 0 Å². The Bertz CT molecular complexity index is 350. The summed E-state index contributed by atoms with van der Waals surface area (Å²) in [4.78, 5) is 2.32. The first kappa shape index (κ1) is 18.1. The van der Waals surface area contributed by atoms with Gasteiger partial charge < -0.3 is 16.4 Å². The van der Waals surface area contributed by atoms with E-state index in [-0.39, 0.29) is 0 Å². The van der Waals surface area contributed by atoms with Gasteiger partial charge in [-0.1, -0.05) is 12.8 Å². The fraction of sp³-hybridized carbons (Fsp3) is 0.812. The van der Waals surface area contributed by atoms with Crippen molar-refractivity contribution in [2.45, 2.75) is 51.6 Å². The quantitative estimate of drug-likeness (QED) is 0.421. The largest absolute Gasteiger partial charge is 0.330 e. The molecule has 0 aliphatic rings. The lowest BCUT2D eigenvalue weighted by molar-refractivity contribution is -0.696. The normalized spacial score (nSPS) is 11.4. The summed E-state index contributed by atoms with van der Waals surface area (Å²) in [5.41, 5.74) is 11.1. The predicted octanol–water partition coefficient (Wildman–Crippen LogP) is 0.965. The summed E-state index contributed by atoms with van der Waals surface area (Å²) in [6, 6.07) is 0. The molecule has 0 aliphatic heterocycles. The van der Waals surface area contributed by atoms with E-state index in [1.807, 2.05) is 0 Å². The van der Waals surface area contributed by atoms with Crippen molar-refractivity contribution < 1.29 is 4.57 Å². The van der Waals surface area contributed by atoms with Crippen molar-refractivity contribution in [2.75, 3.05) is 33.2 Å². The van der Waals surface area contributed by atoms with Crippen molar-refractivity contribution in [2.24, 2.45) is 11.5 Å². The van der Waals surface area contributed by atoms with Crippen LogP contribution in [0.15, 0.2) is 18.7 Å².